The van der Waals surface area contributed by atoms with E-state index in [4.69, 9.17) is 4.74 Å². The van der Waals surface area contributed by atoms with Gasteiger partial charge in [0.2, 0.25) is 0 Å². The smallest absolute Gasteiger partial charge is 0.282 e. The summed E-state index contributed by atoms with van der Waals surface area (Å²) in [5, 5.41) is 4.90. The number of hydrogen-bond acceptors (Lipinski definition) is 5. The number of carbonyl (C=O) groups excluding carboxylic acids is 2. The number of thiophene rings is 1. The first-order valence-electron chi connectivity index (χ1n) is 9.01. The van der Waals surface area contributed by atoms with Crippen molar-refractivity contribution in [2.24, 2.45) is 0 Å². The third kappa shape index (κ3) is 3.64. The minimum atomic E-state index is -0.536. The number of nitrogens with one attached hydrogen (secondary N) is 1. The average Bonchev–Trinajstić information content (AvgIpc) is 3.30. The van der Waals surface area contributed by atoms with Gasteiger partial charge in [0.1, 0.15) is 17.3 Å². The first kappa shape index (κ1) is 18.9. The Morgan fingerprint density at radius 3 is 2.59 bits per heavy atom. The second kappa shape index (κ2) is 7.89. The molecule has 0 fully saturated rings. The van der Waals surface area contributed by atoms with E-state index in [1.165, 1.54) is 35.6 Å². The Morgan fingerprint density at radius 1 is 1.03 bits per heavy atom. The molecule has 4 rings (SSSR count). The maximum atomic E-state index is 13.7. The lowest BCUT2D eigenvalue weighted by atomic mass is 10.2. The van der Waals surface area contributed by atoms with Crippen molar-refractivity contribution in [2.45, 2.75) is 6.92 Å². The van der Waals surface area contributed by atoms with Crippen LogP contribution in [0.3, 0.4) is 0 Å². The van der Waals surface area contributed by atoms with Gasteiger partial charge in [0, 0.05) is 16.6 Å². The van der Waals surface area contributed by atoms with Gasteiger partial charge in [-0.15, -0.1) is 11.3 Å². The molecule has 2 amide bonds. The quantitative estimate of drug-likeness (QED) is 0.602. The molecule has 2 heterocycles. The first-order valence-corrected chi connectivity index (χ1v) is 9.89. The third-order valence-electron chi connectivity index (χ3n) is 4.33. The van der Waals surface area contributed by atoms with Crippen molar-refractivity contribution < 1.29 is 18.7 Å². The summed E-state index contributed by atoms with van der Waals surface area (Å²) in [5.41, 5.74) is 1.21. The largest absolute Gasteiger partial charge is 0.494 e. The molecule has 146 valence electrons. The zero-order chi connectivity index (χ0) is 20.4. The van der Waals surface area contributed by atoms with Gasteiger partial charge in [-0.2, -0.15) is 0 Å². The normalized spacial score (nSPS) is 13.9. The minimum Gasteiger partial charge on any atom is -0.494 e. The van der Waals surface area contributed by atoms with Crippen molar-refractivity contribution in [1.82, 2.24) is 0 Å². The fourth-order valence-corrected chi connectivity index (χ4v) is 3.89. The van der Waals surface area contributed by atoms with Gasteiger partial charge in [-0.05, 0) is 48.7 Å². The van der Waals surface area contributed by atoms with Crippen LogP contribution in [0.5, 0.6) is 5.75 Å². The standard InChI is InChI=1S/C22H17FN2O3S/c1-2-28-17-9-4-7-15(13-17)24-20-19(18-10-5-11-29-18)21(26)25(22(20)27)16-8-3-6-14(23)12-16/h3-13,24H,2H2,1H3. The fraction of sp³-hybridized carbons (Fsp3) is 0.0909. The molecular weight excluding hydrogens is 391 g/mol. The van der Waals surface area contributed by atoms with E-state index in [1.807, 2.05) is 24.4 Å². The lowest BCUT2D eigenvalue weighted by molar-refractivity contribution is -0.120. The Kier molecular flexibility index (Phi) is 5.14. The highest BCUT2D eigenvalue weighted by Gasteiger charge is 2.40. The van der Waals surface area contributed by atoms with Gasteiger partial charge < -0.3 is 10.1 Å². The van der Waals surface area contributed by atoms with Crippen LogP contribution in [0.15, 0.2) is 71.7 Å². The summed E-state index contributed by atoms with van der Waals surface area (Å²) in [6, 6.07) is 16.2. The Hall–Kier alpha value is -3.45. The maximum Gasteiger partial charge on any atom is 0.282 e. The van der Waals surface area contributed by atoms with Crippen LogP contribution < -0.4 is 15.0 Å². The summed E-state index contributed by atoms with van der Waals surface area (Å²) in [7, 11) is 0. The number of halogens is 1. The van der Waals surface area contributed by atoms with E-state index in [-0.39, 0.29) is 17.0 Å². The predicted octanol–water partition coefficient (Wildman–Crippen LogP) is 4.68. The first-order chi connectivity index (χ1) is 14.1. The molecule has 1 aromatic heterocycles. The molecule has 2 aromatic carbocycles. The van der Waals surface area contributed by atoms with Crippen LogP contribution >= 0.6 is 11.3 Å². The lowest BCUT2D eigenvalue weighted by Gasteiger charge is -2.15. The van der Waals surface area contributed by atoms with Crippen molar-refractivity contribution in [3.63, 3.8) is 0 Å². The van der Waals surface area contributed by atoms with E-state index in [0.29, 0.717) is 22.9 Å². The molecular formula is C22H17FN2O3S. The molecule has 1 aliphatic rings. The van der Waals surface area contributed by atoms with Crippen LogP contribution in [0.1, 0.15) is 11.8 Å². The minimum absolute atomic E-state index is 0.148. The summed E-state index contributed by atoms with van der Waals surface area (Å²) in [5.74, 6) is -0.904. The number of hydrogen-bond donors (Lipinski definition) is 1. The number of ether oxygens (including phenoxy) is 1. The number of imide groups is 1. The van der Waals surface area contributed by atoms with Gasteiger partial charge in [-0.25, -0.2) is 9.29 Å². The van der Waals surface area contributed by atoms with Crippen molar-refractivity contribution in [2.75, 3.05) is 16.8 Å². The van der Waals surface area contributed by atoms with Crippen LogP contribution in [0.2, 0.25) is 0 Å². The van der Waals surface area contributed by atoms with E-state index >= 15 is 0 Å². The molecule has 5 nitrogen and oxygen atoms in total. The Morgan fingerprint density at radius 2 is 1.86 bits per heavy atom. The molecule has 0 radical (unpaired) electrons. The Bertz CT molecular complexity index is 1110. The Labute approximate surface area is 171 Å². The molecule has 0 saturated carbocycles. The Balaban J connectivity index is 1.76. The van der Waals surface area contributed by atoms with Gasteiger partial charge >= 0.3 is 0 Å². The van der Waals surface area contributed by atoms with E-state index < -0.39 is 17.6 Å². The van der Waals surface area contributed by atoms with Gasteiger partial charge in [0.15, 0.2) is 0 Å². The number of rotatable bonds is 6. The molecule has 0 saturated heterocycles. The highest BCUT2D eigenvalue weighted by atomic mass is 32.1. The molecule has 0 aliphatic carbocycles. The number of nitrogens with zero attached hydrogens (tertiary/aromatic N) is 1. The van der Waals surface area contributed by atoms with E-state index in [9.17, 15) is 14.0 Å². The molecule has 0 atom stereocenters. The summed E-state index contributed by atoms with van der Waals surface area (Å²) < 4.78 is 19.2. The molecule has 29 heavy (non-hydrogen) atoms. The zero-order valence-electron chi connectivity index (χ0n) is 15.5. The van der Waals surface area contributed by atoms with Crippen LogP contribution in [0, 0.1) is 5.82 Å². The molecule has 0 bridgehead atoms. The highest BCUT2D eigenvalue weighted by molar-refractivity contribution is 7.11. The van der Waals surface area contributed by atoms with Crippen LogP contribution in [-0.2, 0) is 9.59 Å². The average molecular weight is 408 g/mol. The van der Waals surface area contributed by atoms with Crippen LogP contribution in [0.4, 0.5) is 15.8 Å². The van der Waals surface area contributed by atoms with Crippen molar-refractivity contribution in [3.8, 4) is 5.75 Å². The lowest BCUT2D eigenvalue weighted by Crippen LogP contribution is -2.32. The number of anilines is 2. The third-order valence-corrected chi connectivity index (χ3v) is 5.22. The van der Waals surface area contributed by atoms with Gasteiger partial charge in [0.25, 0.3) is 11.8 Å². The summed E-state index contributed by atoms with van der Waals surface area (Å²) in [6.45, 7) is 2.39. The van der Waals surface area contributed by atoms with Crippen LogP contribution in [0.25, 0.3) is 5.57 Å². The summed E-state index contributed by atoms with van der Waals surface area (Å²) in [4.78, 5) is 28.0. The van der Waals surface area contributed by atoms with Crippen molar-refractivity contribution in [3.05, 3.63) is 82.4 Å². The molecule has 1 aliphatic heterocycles. The number of benzene rings is 2. The second-order valence-corrected chi connectivity index (χ2v) is 7.19. The number of carbonyl (C=O) groups is 2. The highest BCUT2D eigenvalue weighted by Crippen LogP contribution is 2.36. The number of amides is 2. The molecule has 7 heteroatoms. The molecule has 0 unspecified atom stereocenters. The second-order valence-electron chi connectivity index (χ2n) is 6.24. The van der Waals surface area contributed by atoms with Crippen molar-refractivity contribution in [1.29, 1.82) is 0 Å². The van der Waals surface area contributed by atoms with Gasteiger partial charge in [-0.3, -0.25) is 9.59 Å². The SMILES string of the molecule is CCOc1cccc(NC2=C(c3cccs3)C(=O)N(c3cccc(F)c3)C2=O)c1. The monoisotopic (exact) mass is 408 g/mol. The topological polar surface area (TPSA) is 58.6 Å². The predicted molar refractivity (Wildman–Crippen MR) is 111 cm³/mol. The molecule has 3 aromatic rings. The molecule has 0 spiro atoms. The maximum absolute atomic E-state index is 13.7. The molecule has 1 N–H and O–H groups in total. The van der Waals surface area contributed by atoms with E-state index in [1.54, 1.807) is 24.3 Å². The van der Waals surface area contributed by atoms with E-state index in [0.717, 1.165) is 4.90 Å². The van der Waals surface area contributed by atoms with Crippen LogP contribution in [-0.4, -0.2) is 18.4 Å². The van der Waals surface area contributed by atoms with E-state index in [2.05, 4.69) is 5.32 Å². The fourth-order valence-electron chi connectivity index (χ4n) is 3.12. The summed E-state index contributed by atoms with van der Waals surface area (Å²) in [6.07, 6.45) is 0. The van der Waals surface area contributed by atoms with Crippen molar-refractivity contribution >= 4 is 40.1 Å². The van der Waals surface area contributed by atoms with Gasteiger partial charge in [0.05, 0.1) is 17.9 Å². The summed E-state index contributed by atoms with van der Waals surface area (Å²) >= 11 is 1.36. The zero-order valence-corrected chi connectivity index (χ0v) is 16.3. The van der Waals surface area contributed by atoms with Gasteiger partial charge in [-0.1, -0.05) is 18.2 Å².